The third-order valence-electron chi connectivity index (χ3n) is 6.47. The molecular formula is C34H38ClN3O5. The van der Waals surface area contributed by atoms with Gasteiger partial charge in [0.05, 0.1) is 10.7 Å². The molecule has 8 nitrogen and oxygen atoms in total. The second kappa shape index (κ2) is 14.6. The van der Waals surface area contributed by atoms with Crippen molar-refractivity contribution in [3.63, 3.8) is 0 Å². The number of benzene rings is 3. The number of ether oxygens (including phenoxy) is 1. The Morgan fingerprint density at radius 2 is 1.72 bits per heavy atom. The molecule has 0 spiro atoms. The van der Waals surface area contributed by atoms with Crippen molar-refractivity contribution in [3.8, 4) is 5.75 Å². The van der Waals surface area contributed by atoms with Gasteiger partial charge >= 0.3 is 6.09 Å². The summed E-state index contributed by atoms with van der Waals surface area (Å²) in [6, 6.07) is 16.4. The molecule has 2 atom stereocenters. The molecule has 3 amide bonds. The van der Waals surface area contributed by atoms with E-state index in [1.165, 1.54) is 23.1 Å². The van der Waals surface area contributed by atoms with Gasteiger partial charge in [-0.25, -0.2) is 4.79 Å². The number of rotatable bonds is 11. The topological polar surface area (TPSA) is 108 Å². The number of halogens is 1. The summed E-state index contributed by atoms with van der Waals surface area (Å²) in [6.07, 6.45) is 2.44. The standard InChI is InChI=1S/C34H38ClN3O5/c1-7-19-38(32(41)28(36-33(42)43-34(4,5)6)21-24-15-17-26(39)18-16-24)30(25-13-10-12-23(8-2)20-25)31(40)37-29-22(3)11-9-14-27(29)35/h7-18,20,28,30,39H,1-2,19,21H2,3-6H3,(H,36,42)(H,37,40). The fourth-order valence-electron chi connectivity index (χ4n) is 4.49. The van der Waals surface area contributed by atoms with Crippen LogP contribution in [-0.2, 0) is 20.7 Å². The summed E-state index contributed by atoms with van der Waals surface area (Å²) >= 11 is 6.43. The molecule has 3 N–H and O–H groups in total. The molecule has 43 heavy (non-hydrogen) atoms. The molecule has 0 saturated heterocycles. The van der Waals surface area contributed by atoms with Crippen molar-refractivity contribution in [1.29, 1.82) is 0 Å². The van der Waals surface area contributed by atoms with Crippen molar-refractivity contribution in [2.24, 2.45) is 0 Å². The molecule has 2 unspecified atom stereocenters. The van der Waals surface area contributed by atoms with Crippen molar-refractivity contribution in [2.75, 3.05) is 11.9 Å². The number of aryl methyl sites for hydroxylation is 1. The van der Waals surface area contributed by atoms with Gasteiger partial charge in [0.25, 0.3) is 5.91 Å². The number of hydrogen-bond donors (Lipinski definition) is 3. The summed E-state index contributed by atoms with van der Waals surface area (Å²) in [5, 5.41) is 15.7. The van der Waals surface area contributed by atoms with E-state index in [9.17, 15) is 19.5 Å². The minimum atomic E-state index is -1.14. The first-order chi connectivity index (χ1) is 20.3. The van der Waals surface area contributed by atoms with Crippen LogP contribution in [0.15, 0.2) is 86.0 Å². The van der Waals surface area contributed by atoms with Crippen LogP contribution in [0, 0.1) is 6.92 Å². The van der Waals surface area contributed by atoms with Gasteiger partial charge in [0, 0.05) is 13.0 Å². The lowest BCUT2D eigenvalue weighted by atomic mass is 9.98. The Morgan fingerprint density at radius 3 is 2.33 bits per heavy atom. The SMILES string of the molecule is C=CCN(C(=O)C(Cc1ccc(O)cc1)NC(=O)OC(C)(C)C)C(C(=O)Nc1c(C)cccc1Cl)c1cccc(C=C)c1. The number of para-hydroxylation sites is 1. The fourth-order valence-corrected chi connectivity index (χ4v) is 4.76. The van der Waals surface area contributed by atoms with Crippen LogP contribution in [0.1, 0.15) is 49.1 Å². The molecule has 0 bridgehead atoms. The number of nitrogens with zero attached hydrogens (tertiary/aromatic N) is 1. The van der Waals surface area contributed by atoms with Gasteiger partial charge in [0.1, 0.15) is 23.4 Å². The zero-order valence-corrected chi connectivity index (χ0v) is 25.6. The van der Waals surface area contributed by atoms with E-state index < -0.39 is 35.6 Å². The Hall–Kier alpha value is -4.56. The molecule has 0 aliphatic rings. The first-order valence-corrected chi connectivity index (χ1v) is 14.2. The van der Waals surface area contributed by atoms with Crippen LogP contribution in [0.5, 0.6) is 5.75 Å². The lowest BCUT2D eigenvalue weighted by molar-refractivity contribution is -0.140. The smallest absolute Gasteiger partial charge is 0.408 e. The van der Waals surface area contributed by atoms with Gasteiger partial charge in [-0.2, -0.15) is 0 Å². The number of phenolic OH excluding ortho intramolecular Hbond substituents is 1. The number of carbonyl (C=O) groups excluding carboxylic acids is 3. The average Bonchev–Trinajstić information content (AvgIpc) is 2.94. The van der Waals surface area contributed by atoms with Crippen molar-refractivity contribution < 1.29 is 24.2 Å². The average molecular weight is 604 g/mol. The first kappa shape index (κ1) is 32.9. The lowest BCUT2D eigenvalue weighted by Crippen LogP contribution is -2.53. The van der Waals surface area contributed by atoms with Gasteiger partial charge in [0.15, 0.2) is 0 Å². The molecule has 3 rings (SSSR count). The highest BCUT2D eigenvalue weighted by molar-refractivity contribution is 6.34. The molecule has 0 fully saturated rings. The number of nitrogens with one attached hydrogen (secondary N) is 2. The Kier molecular flexibility index (Phi) is 11.2. The Bertz CT molecular complexity index is 1460. The normalized spacial score (nSPS) is 12.4. The van der Waals surface area contributed by atoms with Crippen molar-refractivity contribution >= 4 is 41.3 Å². The van der Waals surface area contributed by atoms with E-state index >= 15 is 0 Å². The lowest BCUT2D eigenvalue weighted by Gasteiger charge is -2.34. The van der Waals surface area contributed by atoms with Crippen LogP contribution in [0.4, 0.5) is 10.5 Å². The van der Waals surface area contributed by atoms with Crippen LogP contribution in [0.25, 0.3) is 6.08 Å². The van der Waals surface area contributed by atoms with Gasteiger partial charge in [-0.3, -0.25) is 9.59 Å². The van der Waals surface area contributed by atoms with Crippen molar-refractivity contribution in [2.45, 2.75) is 51.8 Å². The minimum absolute atomic E-state index is 0.0151. The highest BCUT2D eigenvalue weighted by Crippen LogP contribution is 2.30. The monoisotopic (exact) mass is 603 g/mol. The van der Waals surface area contributed by atoms with E-state index in [0.717, 1.165) is 11.1 Å². The Morgan fingerprint density at radius 1 is 1.05 bits per heavy atom. The maximum atomic E-state index is 14.4. The zero-order valence-electron chi connectivity index (χ0n) is 24.9. The molecule has 3 aromatic carbocycles. The van der Waals surface area contributed by atoms with Gasteiger partial charge < -0.3 is 25.4 Å². The molecule has 0 aromatic heterocycles. The zero-order chi connectivity index (χ0) is 31.7. The summed E-state index contributed by atoms with van der Waals surface area (Å²) in [7, 11) is 0. The number of amides is 3. The summed E-state index contributed by atoms with van der Waals surface area (Å²) in [5.74, 6) is -0.985. The highest BCUT2D eigenvalue weighted by Gasteiger charge is 2.36. The number of hydrogen-bond acceptors (Lipinski definition) is 5. The third kappa shape index (κ3) is 9.21. The van der Waals surface area contributed by atoms with E-state index in [0.29, 0.717) is 21.8 Å². The molecule has 3 aromatic rings. The third-order valence-corrected chi connectivity index (χ3v) is 6.78. The maximum absolute atomic E-state index is 14.4. The Labute approximate surface area is 258 Å². The Balaban J connectivity index is 2.10. The van der Waals surface area contributed by atoms with Crippen LogP contribution >= 0.6 is 11.6 Å². The predicted molar refractivity (Wildman–Crippen MR) is 171 cm³/mol. The van der Waals surface area contributed by atoms with Crippen LogP contribution in [0.2, 0.25) is 5.02 Å². The predicted octanol–water partition coefficient (Wildman–Crippen LogP) is 6.83. The van der Waals surface area contributed by atoms with Crippen LogP contribution in [-0.4, -0.2) is 46.1 Å². The first-order valence-electron chi connectivity index (χ1n) is 13.8. The summed E-state index contributed by atoms with van der Waals surface area (Å²) in [6.45, 7) is 14.6. The maximum Gasteiger partial charge on any atom is 0.408 e. The van der Waals surface area contributed by atoms with Gasteiger partial charge in [-0.15, -0.1) is 6.58 Å². The fraction of sp³-hybridized carbons (Fsp3) is 0.265. The molecule has 0 saturated carbocycles. The number of carbonyl (C=O) groups is 3. The summed E-state index contributed by atoms with van der Waals surface area (Å²) in [4.78, 5) is 42.8. The highest BCUT2D eigenvalue weighted by atomic mass is 35.5. The van der Waals surface area contributed by atoms with Gasteiger partial charge in [-0.05, 0) is 74.2 Å². The van der Waals surface area contributed by atoms with Crippen LogP contribution in [0.3, 0.4) is 0 Å². The van der Waals surface area contributed by atoms with E-state index in [1.54, 1.807) is 69.3 Å². The van der Waals surface area contributed by atoms with E-state index in [-0.39, 0.29) is 18.7 Å². The number of alkyl carbamates (subject to hydrolysis) is 1. The molecule has 0 radical (unpaired) electrons. The quantitative estimate of drug-likeness (QED) is 0.208. The van der Waals surface area contributed by atoms with E-state index in [4.69, 9.17) is 16.3 Å². The van der Waals surface area contributed by atoms with E-state index in [1.807, 2.05) is 19.1 Å². The van der Waals surface area contributed by atoms with Crippen molar-refractivity contribution in [1.82, 2.24) is 10.2 Å². The number of phenols is 1. The molecule has 226 valence electrons. The van der Waals surface area contributed by atoms with E-state index in [2.05, 4.69) is 23.8 Å². The molecule has 9 heteroatoms. The molecular weight excluding hydrogens is 566 g/mol. The van der Waals surface area contributed by atoms with Crippen molar-refractivity contribution in [3.05, 3.63) is 113 Å². The molecule has 0 aliphatic carbocycles. The summed E-state index contributed by atoms with van der Waals surface area (Å²) in [5.41, 5.74) is 2.32. The molecule has 0 aliphatic heterocycles. The second-order valence-corrected chi connectivity index (χ2v) is 11.5. The van der Waals surface area contributed by atoms with Crippen LogP contribution < -0.4 is 10.6 Å². The van der Waals surface area contributed by atoms with Gasteiger partial charge in [-0.1, -0.05) is 72.8 Å². The van der Waals surface area contributed by atoms with Gasteiger partial charge in [0.2, 0.25) is 5.91 Å². The molecule has 0 heterocycles. The minimum Gasteiger partial charge on any atom is -0.508 e. The number of anilines is 1. The summed E-state index contributed by atoms with van der Waals surface area (Å²) < 4.78 is 5.46. The number of aromatic hydroxyl groups is 1. The largest absolute Gasteiger partial charge is 0.508 e. The second-order valence-electron chi connectivity index (χ2n) is 11.0.